The average Bonchev–Trinajstić information content (AvgIpc) is 3.84. The van der Waals surface area contributed by atoms with Crippen LogP contribution in [-0.2, 0) is 39.4 Å². The molecule has 3 fully saturated rings. The minimum absolute atomic E-state index is 0.0169. The maximum absolute atomic E-state index is 12.2. The lowest BCUT2D eigenvalue weighted by atomic mass is 10.00. The first-order valence-corrected chi connectivity index (χ1v) is 24.1. The Kier molecular flexibility index (Phi) is 24.2. The van der Waals surface area contributed by atoms with Gasteiger partial charge in [-0.25, -0.2) is 8.42 Å². The summed E-state index contributed by atoms with van der Waals surface area (Å²) in [4.78, 5) is 52.5. The van der Waals surface area contributed by atoms with E-state index in [9.17, 15) is 45.7 Å². The van der Waals surface area contributed by atoms with E-state index in [4.69, 9.17) is 4.55 Å². The van der Waals surface area contributed by atoms with Crippen LogP contribution in [0.2, 0.25) is 0 Å². The van der Waals surface area contributed by atoms with Crippen molar-refractivity contribution in [2.45, 2.75) is 102 Å². The van der Waals surface area contributed by atoms with Gasteiger partial charge in [-0.3, -0.25) is 33.5 Å². The van der Waals surface area contributed by atoms with E-state index in [1.54, 1.807) is 31.2 Å². The molecule has 2 aromatic rings. The number of carbonyl (C=O) groups excluding carboxylic acids is 4. The van der Waals surface area contributed by atoms with Gasteiger partial charge in [-0.05, 0) is 98.8 Å². The Morgan fingerprint density at radius 1 is 0.812 bits per heavy atom. The largest absolute Gasteiger partial charge is 0.744 e. The number of epoxide rings is 1. The van der Waals surface area contributed by atoms with E-state index in [-0.39, 0.29) is 51.4 Å². The molecule has 3 saturated heterocycles. The Hall–Kier alpha value is -4.14. The Bertz CT molecular complexity index is 2010. The molecule has 16 nitrogen and oxygen atoms in total. The van der Waals surface area contributed by atoms with E-state index in [0.717, 1.165) is 54.8 Å². The number of hydrogen-bond donors (Lipinski definition) is 2. The molecule has 4 unspecified atom stereocenters. The maximum atomic E-state index is 12.2. The lowest BCUT2D eigenvalue weighted by Crippen LogP contribution is -2.46. The van der Waals surface area contributed by atoms with Crippen LogP contribution in [0, 0.1) is 25.7 Å². The molecule has 18 heteroatoms. The number of imide groups is 2. The minimum atomic E-state index is -4.27. The van der Waals surface area contributed by atoms with Crippen LogP contribution >= 0.6 is 0 Å². The summed E-state index contributed by atoms with van der Waals surface area (Å²) in [6.45, 7) is 23.5. The van der Waals surface area contributed by atoms with E-state index in [2.05, 4.69) is 29.7 Å². The first-order chi connectivity index (χ1) is 29.4. The number of aryl methyl sites for hydroxylation is 2. The molecule has 360 valence electrons. The number of quaternary nitrogens is 1. The van der Waals surface area contributed by atoms with Gasteiger partial charge in [0.05, 0.1) is 42.3 Å². The van der Waals surface area contributed by atoms with Gasteiger partial charge >= 0.3 is 0 Å². The van der Waals surface area contributed by atoms with Crippen molar-refractivity contribution in [3.8, 4) is 0 Å². The normalized spacial score (nSPS) is 18.8. The lowest BCUT2D eigenvalue weighted by molar-refractivity contribution is -0.893. The van der Waals surface area contributed by atoms with Crippen molar-refractivity contribution in [2.75, 3.05) is 67.5 Å². The second kappa shape index (κ2) is 26.7. The van der Waals surface area contributed by atoms with E-state index in [1.165, 1.54) is 34.1 Å². The Balaban J connectivity index is 0.000000426. The zero-order valence-corrected chi connectivity index (χ0v) is 41.1. The van der Waals surface area contributed by atoms with Crippen molar-refractivity contribution >= 4 is 43.9 Å². The number of benzene rings is 2. The van der Waals surface area contributed by atoms with E-state index in [1.807, 2.05) is 55.9 Å². The molecule has 0 aromatic heterocycles. The van der Waals surface area contributed by atoms with Crippen LogP contribution in [0.3, 0.4) is 0 Å². The van der Waals surface area contributed by atoms with Gasteiger partial charge in [-0.1, -0.05) is 46.5 Å². The number of aliphatic hydroxyl groups is 3. The van der Waals surface area contributed by atoms with Crippen LogP contribution in [0.5, 0.6) is 0 Å². The van der Waals surface area contributed by atoms with Gasteiger partial charge in [-0.2, -0.15) is 8.42 Å². The number of likely N-dealkylation sites (N-methyl/N-ethyl adjacent to an activating group) is 1. The highest BCUT2D eigenvalue weighted by Gasteiger charge is 2.39. The van der Waals surface area contributed by atoms with Gasteiger partial charge in [0, 0.05) is 39.3 Å². The fourth-order valence-electron chi connectivity index (χ4n) is 6.66. The quantitative estimate of drug-likeness (QED) is 0.0593. The van der Waals surface area contributed by atoms with Crippen LogP contribution in [0.25, 0.3) is 0 Å². The highest BCUT2D eigenvalue weighted by Crippen LogP contribution is 2.26. The molecular weight excluding hydrogens is 865 g/mol. The summed E-state index contributed by atoms with van der Waals surface area (Å²) in [5.74, 6) is -0.540. The number of nitrogens with zero attached hydrogens (tertiary/aromatic N) is 4. The zero-order chi connectivity index (χ0) is 49.2. The predicted molar refractivity (Wildman–Crippen MR) is 247 cm³/mol. The number of carbonyl (C=O) groups is 4. The number of allylic oxidation sites excluding steroid dienone is 2. The summed E-state index contributed by atoms with van der Waals surface area (Å²) in [5, 5.41) is 9.46. The van der Waals surface area contributed by atoms with Crippen LogP contribution < -0.4 is 0 Å². The number of amides is 4. The number of ether oxygens (including phenoxy) is 1. The summed E-state index contributed by atoms with van der Waals surface area (Å²) in [6.07, 6.45) is 3.86. The fraction of sp³-hybridized carbons (Fsp3) is 0.565. The molecule has 4 atom stereocenters. The Morgan fingerprint density at radius 2 is 1.19 bits per heavy atom. The SMILES string of the molecule is C=C(C)CC1CC(=O)N(CCCN(C)C)C1=O.C=C(C)CC1CC(=O)N(CCC[N+](C)(C)CC(C)O)C1=O.CC1C[OH+]1.Cc1ccc(S(=O)(=O)O)cc1.Cc1ccc(S(=O)(=O)[O-])cc1. The monoisotopic (exact) mass is 937 g/mol. The standard InChI is InChI=1S/C16H29N2O3.C13H22N2O2.2C7H8O3S.C3H6O/c1-12(2)9-14-10-15(20)17(16(14)21)7-6-8-18(4,5)11-13(3)19;1-10(2)8-11-9-12(16)15(13(11)17)7-5-6-14(3)4;2*1-6-2-4-7(5-3-6)11(8,9)10;1-3-2-4-3/h13-14,19H,1,6-11H2,2-5H3;11H,1,5-9H2,2-4H3;2*2-5H,1H3,(H,8,9,10);3H,2H2,1H3/q+1;;;;. The van der Waals surface area contributed by atoms with Crippen molar-refractivity contribution in [3.63, 3.8) is 0 Å². The van der Waals surface area contributed by atoms with Gasteiger partial charge in [-0.15, -0.1) is 13.2 Å². The van der Waals surface area contributed by atoms with Gasteiger partial charge in [0.15, 0.2) is 0 Å². The number of rotatable bonds is 16. The third-order valence-corrected chi connectivity index (χ3v) is 11.6. The van der Waals surface area contributed by atoms with Crippen molar-refractivity contribution < 1.29 is 59.4 Å². The molecule has 3 aliphatic rings. The molecule has 5 rings (SSSR count). The third kappa shape index (κ3) is 23.7. The highest BCUT2D eigenvalue weighted by atomic mass is 32.2. The second-order valence-corrected chi connectivity index (χ2v) is 20.7. The number of aliphatic hydroxyl groups excluding tert-OH is 1. The van der Waals surface area contributed by atoms with E-state index in [0.29, 0.717) is 55.9 Å². The molecule has 0 spiro atoms. The molecule has 3 aliphatic heterocycles. The average molecular weight is 938 g/mol. The zero-order valence-electron chi connectivity index (χ0n) is 39.4. The highest BCUT2D eigenvalue weighted by molar-refractivity contribution is 7.86. The first kappa shape index (κ1) is 57.9. The molecule has 4 amide bonds. The van der Waals surface area contributed by atoms with Crippen molar-refractivity contribution in [2.24, 2.45) is 11.8 Å². The molecule has 0 saturated carbocycles. The maximum Gasteiger partial charge on any atom is 0.294 e. The Morgan fingerprint density at radius 3 is 1.50 bits per heavy atom. The lowest BCUT2D eigenvalue weighted by Gasteiger charge is -2.31. The second-order valence-electron chi connectivity index (χ2n) is 17.9. The molecule has 64 heavy (non-hydrogen) atoms. The van der Waals surface area contributed by atoms with Crippen LogP contribution in [-0.4, -0.2) is 158 Å². The smallest absolute Gasteiger partial charge is 0.294 e. The molecule has 0 radical (unpaired) electrons. The van der Waals surface area contributed by atoms with E-state index < -0.39 is 20.2 Å². The van der Waals surface area contributed by atoms with E-state index >= 15 is 0 Å². The van der Waals surface area contributed by atoms with Gasteiger partial charge in [0.25, 0.3) is 10.1 Å². The predicted octanol–water partition coefficient (Wildman–Crippen LogP) is 4.51. The summed E-state index contributed by atoms with van der Waals surface area (Å²) in [5.41, 5.74) is 3.79. The molecule has 3 N–H and O–H groups in total. The van der Waals surface area contributed by atoms with Crippen molar-refractivity contribution in [1.82, 2.24) is 14.7 Å². The molecule has 0 aliphatic carbocycles. The van der Waals surface area contributed by atoms with Crippen LogP contribution in [0.15, 0.2) is 82.6 Å². The number of hydrogen-bond acceptors (Lipinski definition) is 11. The Labute approximate surface area is 382 Å². The molecule has 2 aromatic carbocycles. The topological polar surface area (TPSA) is 223 Å². The number of likely N-dealkylation sites (tertiary alicyclic amines) is 2. The fourth-order valence-corrected chi connectivity index (χ4v) is 7.61. The molecule has 3 heterocycles. The van der Waals surface area contributed by atoms with Gasteiger partial charge in [0.2, 0.25) is 36.3 Å². The van der Waals surface area contributed by atoms with Gasteiger partial charge in [0.1, 0.15) is 22.8 Å². The third-order valence-electron chi connectivity index (χ3n) is 9.93. The van der Waals surface area contributed by atoms with Crippen molar-refractivity contribution in [3.05, 3.63) is 84.0 Å². The summed E-state index contributed by atoms with van der Waals surface area (Å²) >= 11 is 0. The van der Waals surface area contributed by atoms with Gasteiger partial charge < -0.3 is 23.8 Å². The summed E-state index contributed by atoms with van der Waals surface area (Å²) < 4.78 is 65.3. The first-order valence-electron chi connectivity index (χ1n) is 21.3. The summed E-state index contributed by atoms with van der Waals surface area (Å²) in [7, 11) is -0.230. The minimum Gasteiger partial charge on any atom is -0.744 e. The van der Waals surface area contributed by atoms with Crippen LogP contribution in [0.4, 0.5) is 0 Å². The van der Waals surface area contributed by atoms with Crippen LogP contribution in [0.1, 0.15) is 77.3 Å². The molecular formula is C46H73N4O12S2+. The van der Waals surface area contributed by atoms with Crippen molar-refractivity contribution in [1.29, 1.82) is 0 Å². The summed E-state index contributed by atoms with van der Waals surface area (Å²) in [6, 6.07) is 11.8. The molecule has 0 bridgehead atoms.